The zero-order valence-corrected chi connectivity index (χ0v) is 19.2. The Morgan fingerprint density at radius 2 is 1.73 bits per heavy atom. The smallest absolute Gasteiger partial charge is 0.408 e. The van der Waals surface area contributed by atoms with E-state index in [2.05, 4.69) is 10.6 Å². The fourth-order valence-electron chi connectivity index (χ4n) is 3.03. The summed E-state index contributed by atoms with van der Waals surface area (Å²) in [7, 11) is 1.48. The Labute approximate surface area is 179 Å². The van der Waals surface area contributed by atoms with Crippen molar-refractivity contribution in [2.45, 2.75) is 72.2 Å². The second-order valence-corrected chi connectivity index (χ2v) is 8.76. The lowest BCUT2D eigenvalue weighted by Crippen LogP contribution is -2.53. The van der Waals surface area contributed by atoms with E-state index in [9.17, 15) is 19.5 Å². The fourth-order valence-corrected chi connectivity index (χ4v) is 3.03. The molecule has 0 aliphatic carbocycles. The minimum Gasteiger partial charge on any atom is -0.444 e. The molecule has 168 valence electrons. The van der Waals surface area contributed by atoms with Gasteiger partial charge in [-0.1, -0.05) is 23.8 Å². The molecule has 0 aromatic heterocycles. The number of carbonyl (C=O) groups excluding carboxylic acids is 3. The van der Waals surface area contributed by atoms with Crippen molar-refractivity contribution in [3.8, 4) is 0 Å². The molecule has 2 unspecified atom stereocenters. The number of likely N-dealkylation sites (N-methyl/N-ethyl adjacent to an activating group) is 1. The van der Waals surface area contributed by atoms with Crippen molar-refractivity contribution in [3.63, 3.8) is 0 Å². The predicted octanol–water partition coefficient (Wildman–Crippen LogP) is 2.21. The normalized spacial score (nSPS) is 13.4. The molecule has 0 bridgehead atoms. The van der Waals surface area contributed by atoms with Crippen molar-refractivity contribution >= 4 is 17.9 Å². The van der Waals surface area contributed by atoms with Gasteiger partial charge in [-0.25, -0.2) is 4.79 Å². The number of nitrogens with zero attached hydrogens (tertiary/aromatic N) is 1. The minimum atomic E-state index is -1.25. The largest absolute Gasteiger partial charge is 0.444 e. The van der Waals surface area contributed by atoms with Gasteiger partial charge in [0.2, 0.25) is 11.8 Å². The van der Waals surface area contributed by atoms with Gasteiger partial charge in [0.1, 0.15) is 17.7 Å². The molecule has 3 N–H and O–H groups in total. The topological polar surface area (TPSA) is 108 Å². The van der Waals surface area contributed by atoms with E-state index in [4.69, 9.17) is 4.74 Å². The van der Waals surface area contributed by atoms with Gasteiger partial charge in [-0.05, 0) is 59.6 Å². The third-order valence-electron chi connectivity index (χ3n) is 4.31. The highest BCUT2D eigenvalue weighted by molar-refractivity contribution is 5.92. The number of carbonyl (C=O) groups is 3. The third kappa shape index (κ3) is 7.33. The lowest BCUT2D eigenvalue weighted by atomic mass is 9.97. The van der Waals surface area contributed by atoms with Gasteiger partial charge in [-0.2, -0.15) is 0 Å². The van der Waals surface area contributed by atoms with Crippen molar-refractivity contribution in [3.05, 3.63) is 34.9 Å². The van der Waals surface area contributed by atoms with Gasteiger partial charge in [0, 0.05) is 13.1 Å². The van der Waals surface area contributed by atoms with Gasteiger partial charge < -0.3 is 25.4 Å². The standard InChI is InChI=1S/C22H35N3O5/c1-13(2)23-19(27)18(16-10-9-14(3)11-15(16)4)25(8)20(28)17(12-26)24-21(29)30-22(5,6)7/h9-11,13,17-18,26H,12H2,1-8H3,(H,23,27)(H,24,29). The summed E-state index contributed by atoms with van der Waals surface area (Å²) in [6.07, 6.45) is -0.821. The number of amides is 3. The van der Waals surface area contributed by atoms with Crippen LogP contribution in [0.25, 0.3) is 0 Å². The van der Waals surface area contributed by atoms with Crippen molar-refractivity contribution < 1.29 is 24.2 Å². The summed E-state index contributed by atoms with van der Waals surface area (Å²) >= 11 is 0. The molecule has 1 aromatic rings. The van der Waals surface area contributed by atoms with Crippen LogP contribution in [-0.2, 0) is 14.3 Å². The van der Waals surface area contributed by atoms with E-state index < -0.39 is 36.3 Å². The molecular weight excluding hydrogens is 386 g/mol. The highest BCUT2D eigenvalue weighted by atomic mass is 16.6. The fraction of sp³-hybridized carbons (Fsp3) is 0.591. The molecule has 3 amide bonds. The average molecular weight is 422 g/mol. The Kier molecular flexibility index (Phi) is 8.84. The van der Waals surface area contributed by atoms with Crippen LogP contribution in [0.3, 0.4) is 0 Å². The highest BCUT2D eigenvalue weighted by Gasteiger charge is 2.34. The summed E-state index contributed by atoms with van der Waals surface area (Å²) in [6, 6.07) is 3.33. The molecule has 0 fully saturated rings. The van der Waals surface area contributed by atoms with Crippen LogP contribution in [-0.4, -0.2) is 59.3 Å². The maximum absolute atomic E-state index is 13.1. The summed E-state index contributed by atoms with van der Waals surface area (Å²) < 4.78 is 5.17. The molecule has 1 aromatic carbocycles. The number of nitrogens with one attached hydrogen (secondary N) is 2. The first-order chi connectivity index (χ1) is 13.8. The van der Waals surface area contributed by atoms with Crippen molar-refractivity contribution in [1.29, 1.82) is 0 Å². The quantitative estimate of drug-likeness (QED) is 0.626. The Bertz CT molecular complexity index is 771. The molecule has 30 heavy (non-hydrogen) atoms. The molecule has 2 atom stereocenters. The van der Waals surface area contributed by atoms with E-state index >= 15 is 0 Å². The van der Waals surface area contributed by atoms with E-state index in [-0.39, 0.29) is 11.9 Å². The zero-order chi connectivity index (χ0) is 23.2. The third-order valence-corrected chi connectivity index (χ3v) is 4.31. The number of rotatable bonds is 7. The number of alkyl carbamates (subject to hydrolysis) is 1. The van der Waals surface area contributed by atoms with Gasteiger partial charge in [0.05, 0.1) is 6.61 Å². The van der Waals surface area contributed by atoms with Crippen LogP contribution in [0.4, 0.5) is 4.79 Å². The van der Waals surface area contributed by atoms with Gasteiger partial charge >= 0.3 is 6.09 Å². The van der Waals surface area contributed by atoms with Crippen LogP contribution in [0.15, 0.2) is 18.2 Å². The van der Waals surface area contributed by atoms with Crippen molar-refractivity contribution in [1.82, 2.24) is 15.5 Å². The molecule has 0 spiro atoms. The lowest BCUT2D eigenvalue weighted by molar-refractivity contribution is -0.141. The number of aryl methyl sites for hydroxylation is 2. The second-order valence-electron chi connectivity index (χ2n) is 8.76. The predicted molar refractivity (Wildman–Crippen MR) is 115 cm³/mol. The van der Waals surface area contributed by atoms with E-state index in [0.29, 0.717) is 5.56 Å². The second kappa shape index (κ2) is 10.4. The summed E-state index contributed by atoms with van der Waals surface area (Å²) in [5.74, 6) is -0.950. The minimum absolute atomic E-state index is 0.122. The molecule has 0 heterocycles. The van der Waals surface area contributed by atoms with E-state index in [0.717, 1.165) is 11.1 Å². The Morgan fingerprint density at radius 3 is 2.20 bits per heavy atom. The number of aliphatic hydroxyl groups is 1. The summed E-state index contributed by atoms with van der Waals surface area (Å²) in [5.41, 5.74) is 1.81. The molecule has 0 saturated carbocycles. The molecule has 1 rings (SSSR count). The van der Waals surface area contributed by atoms with Gasteiger partial charge in [-0.3, -0.25) is 9.59 Å². The van der Waals surface area contributed by atoms with Crippen LogP contribution < -0.4 is 10.6 Å². The molecule has 0 aliphatic rings. The molecule has 0 radical (unpaired) electrons. The van der Waals surface area contributed by atoms with E-state index in [1.165, 1.54) is 11.9 Å². The Hall–Kier alpha value is -2.61. The van der Waals surface area contributed by atoms with Crippen LogP contribution in [0, 0.1) is 13.8 Å². The molecular formula is C22H35N3O5. The lowest BCUT2D eigenvalue weighted by Gasteiger charge is -2.32. The van der Waals surface area contributed by atoms with Gasteiger partial charge in [-0.15, -0.1) is 0 Å². The summed E-state index contributed by atoms with van der Waals surface area (Å²) in [4.78, 5) is 39.4. The Morgan fingerprint density at radius 1 is 1.13 bits per heavy atom. The van der Waals surface area contributed by atoms with Gasteiger partial charge in [0.25, 0.3) is 0 Å². The van der Waals surface area contributed by atoms with Crippen molar-refractivity contribution in [2.24, 2.45) is 0 Å². The Balaban J connectivity index is 3.20. The number of aliphatic hydroxyl groups excluding tert-OH is 1. The first-order valence-electron chi connectivity index (χ1n) is 10.0. The van der Waals surface area contributed by atoms with E-state index in [1.807, 2.05) is 45.9 Å². The first-order valence-corrected chi connectivity index (χ1v) is 10.0. The van der Waals surface area contributed by atoms with Crippen molar-refractivity contribution in [2.75, 3.05) is 13.7 Å². The first kappa shape index (κ1) is 25.4. The van der Waals surface area contributed by atoms with Crippen LogP contribution >= 0.6 is 0 Å². The molecule has 8 heteroatoms. The number of benzene rings is 1. The maximum atomic E-state index is 13.1. The number of ether oxygens (including phenoxy) is 1. The van der Waals surface area contributed by atoms with Crippen LogP contribution in [0.1, 0.15) is 57.4 Å². The van der Waals surface area contributed by atoms with Crippen LogP contribution in [0.2, 0.25) is 0 Å². The SMILES string of the molecule is Cc1ccc(C(C(=O)NC(C)C)N(C)C(=O)C(CO)NC(=O)OC(C)(C)C)c(C)c1. The molecule has 8 nitrogen and oxygen atoms in total. The summed E-state index contributed by atoms with van der Waals surface area (Å²) in [6.45, 7) is 11.9. The molecule has 0 aliphatic heterocycles. The van der Waals surface area contributed by atoms with Gasteiger partial charge in [0.15, 0.2) is 0 Å². The summed E-state index contributed by atoms with van der Waals surface area (Å²) in [5, 5.41) is 14.9. The number of hydrogen-bond acceptors (Lipinski definition) is 5. The maximum Gasteiger partial charge on any atom is 0.408 e. The average Bonchev–Trinajstić information content (AvgIpc) is 2.58. The molecule has 0 saturated heterocycles. The van der Waals surface area contributed by atoms with Crippen LogP contribution in [0.5, 0.6) is 0 Å². The van der Waals surface area contributed by atoms with E-state index in [1.54, 1.807) is 20.8 Å². The highest BCUT2D eigenvalue weighted by Crippen LogP contribution is 2.25. The monoisotopic (exact) mass is 421 g/mol. The number of hydrogen-bond donors (Lipinski definition) is 3. The zero-order valence-electron chi connectivity index (χ0n) is 19.2.